The fraction of sp³-hybridized carbons (Fsp3) is 0.389. The zero-order chi connectivity index (χ0) is 18.6. The Morgan fingerprint density at radius 1 is 1.36 bits per heavy atom. The second-order valence-corrected chi connectivity index (χ2v) is 5.74. The summed E-state index contributed by atoms with van der Waals surface area (Å²) in [6.07, 6.45) is 1.46. The molecule has 1 atom stereocenters. The molecule has 25 heavy (non-hydrogen) atoms. The minimum atomic E-state index is -0.902. The van der Waals surface area contributed by atoms with Gasteiger partial charge in [0.1, 0.15) is 11.3 Å². The second kappa shape index (κ2) is 7.83. The van der Waals surface area contributed by atoms with E-state index in [0.29, 0.717) is 27.9 Å². The van der Waals surface area contributed by atoms with Crippen LogP contribution >= 0.6 is 0 Å². The van der Waals surface area contributed by atoms with E-state index in [1.54, 1.807) is 51.1 Å². The number of rotatable bonds is 7. The van der Waals surface area contributed by atoms with Crippen molar-refractivity contribution >= 4 is 28.5 Å². The number of aliphatic carboxylic acids is 1. The Morgan fingerprint density at radius 3 is 2.68 bits per heavy atom. The van der Waals surface area contributed by atoms with Gasteiger partial charge in [0.05, 0.1) is 30.8 Å². The zero-order valence-electron chi connectivity index (χ0n) is 14.8. The fourth-order valence-electron chi connectivity index (χ4n) is 2.63. The average Bonchev–Trinajstić information content (AvgIpc) is 2.59. The van der Waals surface area contributed by atoms with Gasteiger partial charge in [-0.25, -0.2) is 4.79 Å². The molecule has 1 heterocycles. The van der Waals surface area contributed by atoms with Gasteiger partial charge < -0.3 is 19.5 Å². The first-order valence-electron chi connectivity index (χ1n) is 7.96. The number of carboxylic acids is 1. The van der Waals surface area contributed by atoms with Crippen LogP contribution < -0.4 is 9.64 Å². The summed E-state index contributed by atoms with van der Waals surface area (Å²) >= 11 is 0. The predicted octanol–water partition coefficient (Wildman–Crippen LogP) is 2.58. The number of carbonyl (C=O) groups is 2. The van der Waals surface area contributed by atoms with Gasteiger partial charge in [-0.1, -0.05) is 6.92 Å². The molecule has 0 saturated heterocycles. The highest BCUT2D eigenvalue weighted by atomic mass is 16.5. The minimum absolute atomic E-state index is 0.234. The van der Waals surface area contributed by atoms with Crippen molar-refractivity contribution in [1.29, 1.82) is 0 Å². The van der Waals surface area contributed by atoms with E-state index in [2.05, 4.69) is 4.98 Å². The topological polar surface area (TPSA) is 89.0 Å². The summed E-state index contributed by atoms with van der Waals surface area (Å²) in [5.41, 5.74) is 1.55. The molecule has 1 unspecified atom stereocenters. The van der Waals surface area contributed by atoms with Crippen LogP contribution in [0.2, 0.25) is 0 Å². The number of nitrogens with zero attached hydrogens (tertiary/aromatic N) is 2. The molecule has 7 nitrogen and oxygen atoms in total. The molecule has 0 fully saturated rings. The Balaban J connectivity index is 2.62. The third kappa shape index (κ3) is 3.99. The maximum Gasteiger partial charge on any atom is 0.341 e. The van der Waals surface area contributed by atoms with Crippen LogP contribution in [0.15, 0.2) is 24.4 Å². The van der Waals surface area contributed by atoms with Crippen molar-refractivity contribution in [3.8, 4) is 5.75 Å². The number of benzene rings is 1. The number of anilines is 1. The van der Waals surface area contributed by atoms with Gasteiger partial charge in [-0.05, 0) is 25.1 Å². The Kier molecular flexibility index (Phi) is 5.80. The number of methoxy groups -OCH3 is 1. The summed E-state index contributed by atoms with van der Waals surface area (Å²) in [6.45, 7) is 3.82. The highest BCUT2D eigenvalue weighted by Crippen LogP contribution is 2.32. The van der Waals surface area contributed by atoms with Crippen LogP contribution in [0.5, 0.6) is 5.75 Å². The normalized spacial score (nSPS) is 11.8. The number of esters is 1. The molecule has 0 spiro atoms. The van der Waals surface area contributed by atoms with Gasteiger partial charge in [-0.2, -0.15) is 0 Å². The Hall–Kier alpha value is -2.83. The third-order valence-corrected chi connectivity index (χ3v) is 3.89. The van der Waals surface area contributed by atoms with Gasteiger partial charge in [0.15, 0.2) is 0 Å². The third-order valence-electron chi connectivity index (χ3n) is 3.89. The number of hydrogen-bond acceptors (Lipinski definition) is 6. The van der Waals surface area contributed by atoms with Crippen LogP contribution in [0.1, 0.15) is 24.2 Å². The van der Waals surface area contributed by atoms with E-state index in [9.17, 15) is 14.7 Å². The monoisotopic (exact) mass is 346 g/mol. The molecule has 0 amide bonds. The molecule has 7 heteroatoms. The van der Waals surface area contributed by atoms with Gasteiger partial charge in [-0.15, -0.1) is 0 Å². The van der Waals surface area contributed by atoms with Crippen LogP contribution in [-0.2, 0) is 9.53 Å². The Labute approximate surface area is 146 Å². The highest BCUT2D eigenvalue weighted by molar-refractivity contribution is 6.05. The molecule has 134 valence electrons. The van der Waals surface area contributed by atoms with E-state index in [1.807, 2.05) is 0 Å². The molecule has 1 aromatic carbocycles. The SMILES string of the molecule is CCOC(=O)c1cnc2ccc(OC)cc2c1N(C)CC(C)C(=O)O. The van der Waals surface area contributed by atoms with E-state index in [1.165, 1.54) is 6.20 Å². The maximum absolute atomic E-state index is 12.4. The van der Waals surface area contributed by atoms with Crippen LogP contribution in [0.4, 0.5) is 5.69 Å². The molecule has 2 aromatic rings. The maximum atomic E-state index is 12.4. The smallest absolute Gasteiger partial charge is 0.341 e. The van der Waals surface area contributed by atoms with E-state index in [0.717, 1.165) is 0 Å². The number of aromatic nitrogens is 1. The molecule has 1 N–H and O–H groups in total. The largest absolute Gasteiger partial charge is 0.497 e. The van der Waals surface area contributed by atoms with Gasteiger partial charge in [0.2, 0.25) is 0 Å². The molecular formula is C18H22N2O5. The first-order valence-corrected chi connectivity index (χ1v) is 7.96. The molecule has 1 aromatic heterocycles. The molecule has 2 rings (SSSR count). The van der Waals surface area contributed by atoms with E-state index >= 15 is 0 Å². The first-order chi connectivity index (χ1) is 11.9. The zero-order valence-corrected chi connectivity index (χ0v) is 14.8. The quantitative estimate of drug-likeness (QED) is 0.771. The van der Waals surface area contributed by atoms with Crippen molar-refractivity contribution in [3.63, 3.8) is 0 Å². The van der Waals surface area contributed by atoms with Crippen molar-refractivity contribution in [2.75, 3.05) is 32.2 Å². The number of pyridine rings is 1. The standard InChI is InChI=1S/C18H22N2O5/c1-5-25-18(23)14-9-19-15-7-6-12(24-4)8-13(15)16(14)20(3)10-11(2)17(21)22/h6-9,11H,5,10H2,1-4H3,(H,21,22). The van der Waals surface area contributed by atoms with Crippen LogP contribution in [0, 0.1) is 5.92 Å². The van der Waals surface area contributed by atoms with Crippen molar-refractivity contribution in [3.05, 3.63) is 30.0 Å². The van der Waals surface area contributed by atoms with E-state index < -0.39 is 17.9 Å². The van der Waals surface area contributed by atoms with Crippen LogP contribution in [0.25, 0.3) is 10.9 Å². The van der Waals surface area contributed by atoms with Crippen molar-refractivity contribution < 1.29 is 24.2 Å². The average molecular weight is 346 g/mol. The lowest BCUT2D eigenvalue weighted by Gasteiger charge is -2.25. The van der Waals surface area contributed by atoms with Crippen LogP contribution in [0.3, 0.4) is 0 Å². The summed E-state index contributed by atoms with van der Waals surface area (Å²) in [4.78, 5) is 29.6. The molecule has 0 aliphatic rings. The summed E-state index contributed by atoms with van der Waals surface area (Å²) in [5, 5.41) is 9.88. The summed E-state index contributed by atoms with van der Waals surface area (Å²) < 4.78 is 10.4. The minimum Gasteiger partial charge on any atom is -0.497 e. The number of hydrogen-bond donors (Lipinski definition) is 1. The van der Waals surface area contributed by atoms with Crippen molar-refractivity contribution in [2.24, 2.45) is 5.92 Å². The van der Waals surface area contributed by atoms with Gasteiger partial charge in [0.25, 0.3) is 0 Å². The van der Waals surface area contributed by atoms with Crippen molar-refractivity contribution in [2.45, 2.75) is 13.8 Å². The summed E-state index contributed by atoms with van der Waals surface area (Å²) in [7, 11) is 3.30. The molecule has 0 aliphatic heterocycles. The summed E-state index contributed by atoms with van der Waals surface area (Å²) in [6, 6.07) is 5.35. The number of carboxylic acid groups (broad SMARTS) is 1. The fourth-order valence-corrected chi connectivity index (χ4v) is 2.63. The van der Waals surface area contributed by atoms with E-state index in [-0.39, 0.29) is 13.2 Å². The molecule has 0 saturated carbocycles. The molecular weight excluding hydrogens is 324 g/mol. The molecule has 0 bridgehead atoms. The molecule has 0 aliphatic carbocycles. The van der Waals surface area contributed by atoms with Crippen molar-refractivity contribution in [1.82, 2.24) is 4.98 Å². The summed E-state index contributed by atoms with van der Waals surface area (Å²) in [5.74, 6) is -1.38. The Bertz CT molecular complexity index is 790. The lowest BCUT2D eigenvalue weighted by molar-refractivity contribution is -0.140. The number of carbonyl (C=O) groups excluding carboxylic acids is 1. The number of fused-ring (bicyclic) bond motifs is 1. The van der Waals surface area contributed by atoms with Gasteiger partial charge >= 0.3 is 11.9 Å². The van der Waals surface area contributed by atoms with Crippen LogP contribution in [-0.4, -0.2) is 49.3 Å². The lowest BCUT2D eigenvalue weighted by atomic mass is 10.1. The highest BCUT2D eigenvalue weighted by Gasteiger charge is 2.22. The second-order valence-electron chi connectivity index (χ2n) is 5.74. The molecule has 0 radical (unpaired) electrons. The lowest BCUT2D eigenvalue weighted by Crippen LogP contribution is -2.30. The van der Waals surface area contributed by atoms with E-state index in [4.69, 9.17) is 9.47 Å². The number of ether oxygens (including phenoxy) is 2. The first kappa shape index (κ1) is 18.5. The Morgan fingerprint density at radius 2 is 2.08 bits per heavy atom. The predicted molar refractivity (Wildman–Crippen MR) is 94.3 cm³/mol. The van der Waals surface area contributed by atoms with Gasteiger partial charge in [-0.3, -0.25) is 9.78 Å². The van der Waals surface area contributed by atoms with Gasteiger partial charge in [0, 0.05) is 25.2 Å².